The van der Waals surface area contributed by atoms with Gasteiger partial charge in [-0.3, -0.25) is 0 Å². The van der Waals surface area contributed by atoms with Crippen LogP contribution in [0.3, 0.4) is 0 Å². The molecular weight excluding hydrogens is 442 g/mol. The van der Waals surface area contributed by atoms with E-state index in [1.54, 1.807) is 16.7 Å². The molecule has 0 spiro atoms. The standard InChI is InChI=1S/C22H24ClNO6S/c1-2-29-13-4-6-14(7-5-13)31-18-10-24(16-9-12(23)3-8-15(16)18)22-21(28)20(27)19(26)17(11-25)30-22/h3-10,17,19-22,25-28H,2,11H2,1H3/t17-,19-,20+,21-,22-/m1/s1. The molecule has 2 heterocycles. The van der Waals surface area contributed by atoms with Crippen LogP contribution in [0.2, 0.25) is 5.02 Å². The van der Waals surface area contributed by atoms with Gasteiger partial charge in [0, 0.05) is 26.4 Å². The van der Waals surface area contributed by atoms with Gasteiger partial charge in [0.05, 0.1) is 18.7 Å². The number of aliphatic hydroxyl groups excluding tert-OH is 4. The fraction of sp³-hybridized carbons (Fsp3) is 0.364. The third-order valence-corrected chi connectivity index (χ3v) is 6.55. The highest BCUT2D eigenvalue weighted by Gasteiger charge is 2.44. The van der Waals surface area contributed by atoms with Crippen LogP contribution >= 0.6 is 23.4 Å². The number of rotatable bonds is 6. The van der Waals surface area contributed by atoms with Gasteiger partial charge >= 0.3 is 0 Å². The van der Waals surface area contributed by atoms with Crippen molar-refractivity contribution in [1.82, 2.24) is 4.57 Å². The SMILES string of the molecule is CCOc1ccc(Sc2cn([C@@H]3O[C@H](CO)[C@@H](O)[C@H](O)[C@H]3O)c3cc(Cl)ccc23)cc1. The lowest BCUT2D eigenvalue weighted by molar-refractivity contribution is -0.250. The van der Waals surface area contributed by atoms with Crippen molar-refractivity contribution < 1.29 is 29.9 Å². The zero-order valence-electron chi connectivity index (χ0n) is 16.8. The van der Waals surface area contributed by atoms with Crippen molar-refractivity contribution in [1.29, 1.82) is 0 Å². The van der Waals surface area contributed by atoms with Crippen molar-refractivity contribution in [2.75, 3.05) is 13.2 Å². The molecule has 1 aliphatic heterocycles. The summed E-state index contributed by atoms with van der Waals surface area (Å²) in [5, 5.41) is 41.8. The number of ether oxygens (including phenoxy) is 2. The summed E-state index contributed by atoms with van der Waals surface area (Å²) in [6.07, 6.45) is -4.47. The number of aromatic nitrogens is 1. The second-order valence-electron chi connectivity index (χ2n) is 7.29. The molecule has 1 fully saturated rings. The Morgan fingerprint density at radius 3 is 2.48 bits per heavy atom. The van der Waals surface area contributed by atoms with E-state index in [0.29, 0.717) is 17.1 Å². The van der Waals surface area contributed by atoms with Crippen LogP contribution < -0.4 is 4.74 Å². The average Bonchev–Trinajstić information content (AvgIpc) is 3.11. The molecule has 31 heavy (non-hydrogen) atoms. The van der Waals surface area contributed by atoms with Gasteiger partial charge in [0.25, 0.3) is 0 Å². The summed E-state index contributed by atoms with van der Waals surface area (Å²) in [4.78, 5) is 1.89. The van der Waals surface area contributed by atoms with Crippen LogP contribution in [0.4, 0.5) is 0 Å². The molecule has 2 aromatic carbocycles. The molecule has 3 aromatic rings. The van der Waals surface area contributed by atoms with Crippen LogP contribution in [0, 0.1) is 0 Å². The summed E-state index contributed by atoms with van der Waals surface area (Å²) < 4.78 is 12.9. The quantitative estimate of drug-likeness (QED) is 0.443. The van der Waals surface area contributed by atoms with Crippen molar-refractivity contribution >= 4 is 34.3 Å². The molecule has 0 radical (unpaired) electrons. The van der Waals surface area contributed by atoms with Crippen LogP contribution in [0.15, 0.2) is 58.5 Å². The predicted molar refractivity (Wildman–Crippen MR) is 118 cm³/mol. The molecule has 0 bridgehead atoms. The van der Waals surface area contributed by atoms with E-state index >= 15 is 0 Å². The minimum Gasteiger partial charge on any atom is -0.494 e. The maximum absolute atomic E-state index is 10.6. The van der Waals surface area contributed by atoms with Gasteiger partial charge in [-0.1, -0.05) is 29.4 Å². The Bertz CT molecular complexity index is 1040. The first-order chi connectivity index (χ1) is 14.9. The first-order valence-corrected chi connectivity index (χ1v) is 11.1. The molecule has 9 heteroatoms. The summed E-state index contributed by atoms with van der Waals surface area (Å²) in [5.41, 5.74) is 0.699. The molecule has 5 atom stereocenters. The molecule has 4 N–H and O–H groups in total. The van der Waals surface area contributed by atoms with Crippen molar-refractivity contribution in [3.63, 3.8) is 0 Å². The van der Waals surface area contributed by atoms with E-state index in [2.05, 4.69) is 0 Å². The first-order valence-electron chi connectivity index (χ1n) is 9.94. The minimum absolute atomic E-state index is 0.491. The molecule has 0 aliphatic carbocycles. The van der Waals surface area contributed by atoms with Gasteiger partial charge < -0.3 is 34.5 Å². The Labute approximate surface area is 188 Å². The smallest absolute Gasteiger partial charge is 0.163 e. The molecule has 1 saturated heterocycles. The Balaban J connectivity index is 1.72. The molecule has 4 rings (SSSR count). The molecule has 1 aromatic heterocycles. The van der Waals surface area contributed by atoms with E-state index in [4.69, 9.17) is 21.1 Å². The molecule has 166 valence electrons. The zero-order chi connectivity index (χ0) is 22.1. The molecule has 0 unspecified atom stereocenters. The highest BCUT2D eigenvalue weighted by molar-refractivity contribution is 7.99. The van der Waals surface area contributed by atoms with E-state index in [1.165, 1.54) is 11.8 Å². The van der Waals surface area contributed by atoms with Crippen molar-refractivity contribution in [2.24, 2.45) is 0 Å². The third kappa shape index (κ3) is 4.42. The summed E-state index contributed by atoms with van der Waals surface area (Å²) in [6, 6.07) is 13.1. The summed E-state index contributed by atoms with van der Waals surface area (Å²) >= 11 is 7.75. The normalized spacial score (nSPS) is 26.3. The van der Waals surface area contributed by atoms with Gasteiger partial charge in [0.15, 0.2) is 6.23 Å². The average molecular weight is 466 g/mol. The zero-order valence-corrected chi connectivity index (χ0v) is 18.3. The van der Waals surface area contributed by atoms with Crippen molar-refractivity contribution in [2.45, 2.75) is 47.4 Å². The molecule has 0 amide bonds. The van der Waals surface area contributed by atoms with E-state index < -0.39 is 37.3 Å². The third-order valence-electron chi connectivity index (χ3n) is 5.26. The van der Waals surface area contributed by atoms with Crippen molar-refractivity contribution in [3.05, 3.63) is 53.7 Å². The number of nitrogens with zero attached hydrogens (tertiary/aromatic N) is 1. The monoisotopic (exact) mass is 465 g/mol. The summed E-state index contributed by atoms with van der Waals surface area (Å²) in [7, 11) is 0. The summed E-state index contributed by atoms with van der Waals surface area (Å²) in [6.45, 7) is 2.04. The second kappa shape index (κ2) is 9.38. The topological polar surface area (TPSA) is 104 Å². The van der Waals surface area contributed by atoms with Crippen molar-refractivity contribution in [3.8, 4) is 5.75 Å². The maximum Gasteiger partial charge on any atom is 0.163 e. The van der Waals surface area contributed by atoms with Crippen LogP contribution in [-0.4, -0.2) is 62.6 Å². The van der Waals surface area contributed by atoms with Crippen LogP contribution in [0.1, 0.15) is 13.2 Å². The number of fused-ring (bicyclic) bond motifs is 1. The van der Waals surface area contributed by atoms with Gasteiger partial charge in [-0.15, -0.1) is 0 Å². The fourth-order valence-corrected chi connectivity index (χ4v) is 4.83. The molecule has 1 aliphatic rings. The van der Waals surface area contributed by atoms with Crippen LogP contribution in [-0.2, 0) is 4.74 Å². The highest BCUT2D eigenvalue weighted by atomic mass is 35.5. The molecule has 0 saturated carbocycles. The number of benzene rings is 2. The number of aliphatic hydroxyl groups is 4. The van der Waals surface area contributed by atoms with Gasteiger partial charge in [-0.25, -0.2) is 0 Å². The van der Waals surface area contributed by atoms with E-state index in [0.717, 1.165) is 20.9 Å². The lowest BCUT2D eigenvalue weighted by atomic mass is 9.98. The van der Waals surface area contributed by atoms with E-state index in [9.17, 15) is 20.4 Å². The van der Waals surface area contributed by atoms with Crippen LogP contribution in [0.25, 0.3) is 10.9 Å². The Kier molecular flexibility index (Phi) is 6.78. The van der Waals surface area contributed by atoms with E-state index in [-0.39, 0.29) is 0 Å². The fourth-order valence-electron chi connectivity index (χ4n) is 3.69. The largest absolute Gasteiger partial charge is 0.494 e. The van der Waals surface area contributed by atoms with Gasteiger partial charge in [0.1, 0.15) is 30.2 Å². The molecular formula is C22H24ClNO6S. The molecule has 7 nitrogen and oxygen atoms in total. The Hall–Kier alpha value is -1.78. The summed E-state index contributed by atoms with van der Waals surface area (Å²) in [5.74, 6) is 0.794. The number of halogens is 1. The lowest BCUT2D eigenvalue weighted by Crippen LogP contribution is -2.56. The number of hydrogen-bond acceptors (Lipinski definition) is 7. The van der Waals surface area contributed by atoms with Gasteiger partial charge in [-0.2, -0.15) is 0 Å². The number of hydrogen-bond donors (Lipinski definition) is 4. The Morgan fingerprint density at radius 2 is 1.81 bits per heavy atom. The maximum atomic E-state index is 10.6. The van der Waals surface area contributed by atoms with Gasteiger partial charge in [-0.05, 0) is 43.3 Å². The van der Waals surface area contributed by atoms with Crippen LogP contribution in [0.5, 0.6) is 5.75 Å². The lowest BCUT2D eigenvalue weighted by Gasteiger charge is -2.40. The minimum atomic E-state index is -1.46. The highest BCUT2D eigenvalue weighted by Crippen LogP contribution is 2.40. The predicted octanol–water partition coefficient (Wildman–Crippen LogP) is 2.82. The van der Waals surface area contributed by atoms with Gasteiger partial charge in [0.2, 0.25) is 0 Å². The first kappa shape index (κ1) is 22.4. The second-order valence-corrected chi connectivity index (χ2v) is 8.84. The Morgan fingerprint density at radius 1 is 1.06 bits per heavy atom. The van der Waals surface area contributed by atoms with E-state index in [1.807, 2.05) is 43.5 Å².